The molecule has 0 bridgehead atoms. The van der Waals surface area contributed by atoms with Crippen LogP contribution in [-0.2, 0) is 11.3 Å². The Morgan fingerprint density at radius 3 is 2.57 bits per heavy atom. The summed E-state index contributed by atoms with van der Waals surface area (Å²) in [6, 6.07) is 8.60. The molecule has 1 atom stereocenters. The van der Waals surface area contributed by atoms with Crippen LogP contribution in [0, 0.1) is 0 Å². The molecule has 1 amide bonds. The molecule has 0 aliphatic rings. The first-order chi connectivity index (χ1) is 10.3. The third-order valence-electron chi connectivity index (χ3n) is 2.89. The van der Waals surface area contributed by atoms with Crippen molar-refractivity contribution in [2.45, 2.75) is 25.2 Å². The van der Waals surface area contributed by atoms with E-state index >= 15 is 0 Å². The average molecular weight is 349 g/mol. The monoisotopic (exact) mass is 348 g/mol. The molecule has 0 saturated carbocycles. The zero-order chi connectivity index (χ0) is 16.2. The molecule has 0 spiro atoms. The number of aromatic nitrogens is 2. The van der Waals surface area contributed by atoms with Gasteiger partial charge >= 0.3 is 6.18 Å². The maximum Gasteiger partial charge on any atom is 0.408 e. The molecule has 0 aliphatic heterocycles. The van der Waals surface area contributed by atoms with Gasteiger partial charge in [-0.3, -0.25) is 9.48 Å². The highest BCUT2D eigenvalue weighted by atomic mass is 35.5. The summed E-state index contributed by atoms with van der Waals surface area (Å²) in [5.41, 5.74) is 6.92. The molecule has 1 aromatic carbocycles. The molecule has 23 heavy (non-hydrogen) atoms. The fourth-order valence-electron chi connectivity index (χ4n) is 1.93. The van der Waals surface area contributed by atoms with Crippen LogP contribution >= 0.6 is 12.4 Å². The molecule has 0 saturated heterocycles. The Morgan fingerprint density at radius 1 is 1.30 bits per heavy atom. The van der Waals surface area contributed by atoms with Gasteiger partial charge in [0.2, 0.25) is 5.91 Å². The minimum atomic E-state index is -4.36. The summed E-state index contributed by atoms with van der Waals surface area (Å²) >= 11 is 0. The highest BCUT2D eigenvalue weighted by Crippen LogP contribution is 2.19. The quantitative estimate of drug-likeness (QED) is 0.872. The van der Waals surface area contributed by atoms with Gasteiger partial charge < -0.3 is 11.1 Å². The Hall–Kier alpha value is -2.06. The van der Waals surface area contributed by atoms with Crippen molar-refractivity contribution in [1.82, 2.24) is 9.78 Å². The Balaban J connectivity index is 0.00000264. The Kier molecular flexibility index (Phi) is 6.59. The van der Waals surface area contributed by atoms with Gasteiger partial charge in [-0.25, -0.2) is 0 Å². The fourth-order valence-corrected chi connectivity index (χ4v) is 1.93. The molecule has 0 aliphatic carbocycles. The number of nitrogens with zero attached hydrogens (tertiary/aromatic N) is 2. The van der Waals surface area contributed by atoms with Crippen LogP contribution in [0.25, 0.3) is 0 Å². The second-order valence-electron chi connectivity index (χ2n) is 4.81. The van der Waals surface area contributed by atoms with Crippen LogP contribution in [0.1, 0.15) is 18.0 Å². The lowest BCUT2D eigenvalue weighted by Gasteiger charge is -2.11. The Morgan fingerprint density at radius 2 is 1.96 bits per heavy atom. The lowest BCUT2D eigenvalue weighted by atomic mass is 10.0. The van der Waals surface area contributed by atoms with Gasteiger partial charge in [-0.15, -0.1) is 12.4 Å². The number of benzene rings is 1. The van der Waals surface area contributed by atoms with Gasteiger partial charge in [0.15, 0.2) is 0 Å². The van der Waals surface area contributed by atoms with E-state index in [0.717, 1.165) is 18.0 Å². The summed E-state index contributed by atoms with van der Waals surface area (Å²) in [6.07, 6.45) is -2.05. The standard InChI is InChI=1S/C14H15F3N4O.ClH/c15-14(16,17)9-21-8-11(7-19-21)20-13(22)6-12(18)10-4-2-1-3-5-10;/h1-5,7-8,12H,6,9,18H2,(H,20,22);1H. The fraction of sp³-hybridized carbons (Fsp3) is 0.286. The normalized spacial score (nSPS) is 12.3. The molecule has 0 fully saturated rings. The molecule has 126 valence electrons. The van der Waals surface area contributed by atoms with Crippen molar-refractivity contribution in [3.63, 3.8) is 0 Å². The topological polar surface area (TPSA) is 72.9 Å². The molecule has 1 aromatic heterocycles. The van der Waals surface area contributed by atoms with E-state index in [9.17, 15) is 18.0 Å². The molecule has 1 heterocycles. The maximum absolute atomic E-state index is 12.2. The molecule has 1 unspecified atom stereocenters. The van der Waals surface area contributed by atoms with Gasteiger partial charge in [-0.1, -0.05) is 30.3 Å². The van der Waals surface area contributed by atoms with Crippen LogP contribution in [0.4, 0.5) is 18.9 Å². The number of hydrogen-bond acceptors (Lipinski definition) is 3. The molecule has 2 rings (SSSR count). The molecular formula is C14H16ClF3N4O. The van der Waals surface area contributed by atoms with E-state index in [1.54, 1.807) is 12.1 Å². The first kappa shape index (κ1) is 19.0. The highest BCUT2D eigenvalue weighted by Gasteiger charge is 2.28. The number of nitrogens with two attached hydrogens (primary N) is 1. The number of carbonyl (C=O) groups is 1. The number of amides is 1. The second-order valence-corrected chi connectivity index (χ2v) is 4.81. The number of nitrogens with one attached hydrogen (secondary N) is 1. The highest BCUT2D eigenvalue weighted by molar-refractivity contribution is 5.90. The van der Waals surface area contributed by atoms with Crippen LogP contribution in [0.15, 0.2) is 42.7 Å². The first-order valence-corrected chi connectivity index (χ1v) is 6.53. The van der Waals surface area contributed by atoms with Crippen molar-refractivity contribution < 1.29 is 18.0 Å². The predicted octanol–water partition coefficient (Wildman–Crippen LogP) is 2.90. The van der Waals surface area contributed by atoms with Gasteiger partial charge in [0.1, 0.15) is 6.54 Å². The van der Waals surface area contributed by atoms with Gasteiger partial charge in [-0.05, 0) is 5.56 Å². The van der Waals surface area contributed by atoms with Crippen LogP contribution in [0.5, 0.6) is 0 Å². The second kappa shape index (κ2) is 7.98. The van der Waals surface area contributed by atoms with Gasteiger partial charge in [-0.2, -0.15) is 18.3 Å². The smallest absolute Gasteiger partial charge is 0.324 e. The van der Waals surface area contributed by atoms with E-state index in [0.29, 0.717) is 4.68 Å². The molecule has 0 radical (unpaired) electrons. The van der Waals surface area contributed by atoms with Crippen molar-refractivity contribution >= 4 is 24.0 Å². The van der Waals surface area contributed by atoms with Crippen molar-refractivity contribution in [2.75, 3.05) is 5.32 Å². The summed E-state index contributed by atoms with van der Waals surface area (Å²) in [5, 5.41) is 6.02. The van der Waals surface area contributed by atoms with Gasteiger partial charge in [0.25, 0.3) is 0 Å². The average Bonchev–Trinajstić information content (AvgIpc) is 2.84. The predicted molar refractivity (Wildman–Crippen MR) is 82.1 cm³/mol. The molecular weight excluding hydrogens is 333 g/mol. The number of halogens is 4. The van der Waals surface area contributed by atoms with Crippen molar-refractivity contribution in [3.05, 3.63) is 48.3 Å². The minimum absolute atomic E-state index is 0. The summed E-state index contributed by atoms with van der Waals surface area (Å²) in [6.45, 7) is -1.20. The van der Waals surface area contributed by atoms with E-state index < -0.39 is 18.8 Å². The molecule has 2 aromatic rings. The van der Waals surface area contributed by atoms with Crippen molar-refractivity contribution in [1.29, 1.82) is 0 Å². The Bertz CT molecular complexity index is 630. The molecule has 9 heteroatoms. The lowest BCUT2D eigenvalue weighted by molar-refractivity contribution is -0.142. The van der Waals surface area contributed by atoms with E-state index in [4.69, 9.17) is 5.73 Å². The zero-order valence-electron chi connectivity index (χ0n) is 12.0. The number of rotatable bonds is 5. The van der Waals surface area contributed by atoms with E-state index in [1.807, 2.05) is 18.2 Å². The zero-order valence-corrected chi connectivity index (χ0v) is 12.8. The number of carbonyl (C=O) groups excluding carboxylic acids is 1. The van der Waals surface area contributed by atoms with Crippen molar-refractivity contribution in [3.8, 4) is 0 Å². The third-order valence-corrected chi connectivity index (χ3v) is 2.89. The van der Waals surface area contributed by atoms with E-state index in [1.165, 1.54) is 0 Å². The van der Waals surface area contributed by atoms with E-state index in [-0.39, 0.29) is 30.4 Å². The first-order valence-electron chi connectivity index (χ1n) is 6.53. The SMILES string of the molecule is Cl.NC(CC(=O)Nc1cnn(CC(F)(F)F)c1)c1ccccc1. The van der Waals surface area contributed by atoms with Crippen LogP contribution in [-0.4, -0.2) is 21.9 Å². The minimum Gasteiger partial charge on any atom is -0.324 e. The molecule has 5 nitrogen and oxygen atoms in total. The third kappa shape index (κ3) is 6.29. The van der Waals surface area contributed by atoms with Gasteiger partial charge in [0.05, 0.1) is 11.9 Å². The number of alkyl halides is 3. The summed E-state index contributed by atoms with van der Waals surface area (Å²) < 4.78 is 37.3. The molecule has 3 N–H and O–H groups in total. The summed E-state index contributed by atoms with van der Waals surface area (Å²) in [5.74, 6) is -0.386. The number of hydrogen-bond donors (Lipinski definition) is 2. The summed E-state index contributed by atoms with van der Waals surface area (Å²) in [7, 11) is 0. The lowest BCUT2D eigenvalue weighted by Crippen LogP contribution is -2.20. The number of anilines is 1. The maximum atomic E-state index is 12.2. The van der Waals surface area contributed by atoms with Crippen molar-refractivity contribution in [2.24, 2.45) is 5.73 Å². The Labute approximate surface area is 137 Å². The van der Waals surface area contributed by atoms with Crippen LogP contribution in [0.3, 0.4) is 0 Å². The van der Waals surface area contributed by atoms with E-state index in [2.05, 4.69) is 10.4 Å². The van der Waals surface area contributed by atoms with Crippen LogP contribution < -0.4 is 11.1 Å². The largest absolute Gasteiger partial charge is 0.408 e. The van der Waals surface area contributed by atoms with Crippen LogP contribution in [0.2, 0.25) is 0 Å². The van der Waals surface area contributed by atoms with Gasteiger partial charge in [0, 0.05) is 18.7 Å². The summed E-state index contributed by atoms with van der Waals surface area (Å²) in [4.78, 5) is 11.8.